The molecule has 0 saturated carbocycles. The van der Waals surface area contributed by atoms with Gasteiger partial charge in [0.2, 0.25) is 0 Å². The van der Waals surface area contributed by atoms with Crippen LogP contribution >= 0.6 is 0 Å². The molecule has 2 aliphatic rings. The number of hydrogen-bond donors (Lipinski definition) is 0. The van der Waals surface area contributed by atoms with Crippen molar-refractivity contribution >= 4 is 5.91 Å². The molecule has 0 unspecified atom stereocenters. The van der Waals surface area contributed by atoms with Gasteiger partial charge in [-0.1, -0.05) is 30.3 Å². The van der Waals surface area contributed by atoms with Gasteiger partial charge in [-0.25, -0.2) is 19.0 Å². The van der Waals surface area contributed by atoms with Crippen molar-refractivity contribution in [3.8, 4) is 5.95 Å². The van der Waals surface area contributed by atoms with E-state index in [1.165, 1.54) is 11.1 Å². The zero-order valence-electron chi connectivity index (χ0n) is 21.2. The Hall–Kier alpha value is -3.98. The van der Waals surface area contributed by atoms with Crippen molar-refractivity contribution in [1.29, 1.82) is 0 Å². The lowest BCUT2D eigenvalue weighted by Crippen LogP contribution is -2.34. The smallest absolute Gasteiger partial charge is 0.257 e. The first-order valence-electron chi connectivity index (χ1n) is 13.2. The SMILES string of the molecule is O=C(c1cnn(-c2ncc(F)cn2)c1C1CCN(Cc2ccncc2)CC1)N1CC[C@H](c2ccccc2)C1. The van der Waals surface area contributed by atoms with Crippen LogP contribution in [0.15, 0.2) is 73.4 Å². The summed E-state index contributed by atoms with van der Waals surface area (Å²) >= 11 is 0. The molecule has 0 bridgehead atoms. The van der Waals surface area contributed by atoms with E-state index in [1.807, 2.05) is 47.6 Å². The van der Waals surface area contributed by atoms with Crippen LogP contribution in [0.2, 0.25) is 0 Å². The van der Waals surface area contributed by atoms with Crippen molar-refractivity contribution in [3.63, 3.8) is 0 Å². The number of piperidine rings is 1. The minimum atomic E-state index is -0.507. The van der Waals surface area contributed by atoms with Gasteiger partial charge in [0.25, 0.3) is 11.9 Å². The third-order valence-corrected chi connectivity index (χ3v) is 7.71. The Morgan fingerprint density at radius 3 is 2.34 bits per heavy atom. The fourth-order valence-electron chi connectivity index (χ4n) is 5.71. The first kappa shape index (κ1) is 24.4. The van der Waals surface area contributed by atoms with Crippen molar-refractivity contribution in [2.45, 2.75) is 37.6 Å². The molecule has 9 heteroatoms. The third kappa shape index (κ3) is 5.06. The Labute approximate surface area is 221 Å². The highest BCUT2D eigenvalue weighted by Crippen LogP contribution is 2.34. The average molecular weight is 512 g/mol. The van der Waals surface area contributed by atoms with E-state index in [1.54, 1.807) is 10.9 Å². The number of carbonyl (C=O) groups excluding carboxylic acids is 1. The number of likely N-dealkylation sites (tertiary alicyclic amines) is 2. The van der Waals surface area contributed by atoms with Crippen LogP contribution in [0.1, 0.15) is 58.3 Å². The van der Waals surface area contributed by atoms with Gasteiger partial charge in [0, 0.05) is 43.9 Å². The van der Waals surface area contributed by atoms with E-state index < -0.39 is 5.82 Å². The van der Waals surface area contributed by atoms with E-state index in [9.17, 15) is 9.18 Å². The molecule has 0 N–H and O–H groups in total. The Bertz CT molecular complexity index is 1370. The quantitative estimate of drug-likeness (QED) is 0.386. The molecule has 2 fully saturated rings. The molecule has 1 aromatic carbocycles. The maximum absolute atomic E-state index is 13.8. The first-order valence-corrected chi connectivity index (χ1v) is 13.2. The Kier molecular flexibility index (Phi) is 6.92. The van der Waals surface area contributed by atoms with Crippen LogP contribution in [0.4, 0.5) is 4.39 Å². The average Bonchev–Trinajstić information content (AvgIpc) is 3.63. The molecule has 0 aliphatic carbocycles. The minimum Gasteiger partial charge on any atom is -0.338 e. The van der Waals surface area contributed by atoms with Crippen molar-refractivity contribution < 1.29 is 9.18 Å². The van der Waals surface area contributed by atoms with Crippen LogP contribution in [0.5, 0.6) is 0 Å². The van der Waals surface area contributed by atoms with Crippen molar-refractivity contribution in [2.24, 2.45) is 0 Å². The monoisotopic (exact) mass is 511 g/mol. The molecule has 1 amide bonds. The zero-order chi connectivity index (χ0) is 25.9. The van der Waals surface area contributed by atoms with E-state index in [2.05, 4.69) is 37.1 Å². The standard InChI is InChI=1S/C29H30FN7O/c30-25-16-32-29(33-17-25)37-27(23-8-13-35(14-9-23)19-21-6-11-31-12-7-21)26(18-34-37)28(38)36-15-10-24(20-36)22-4-2-1-3-5-22/h1-7,11-12,16-18,23-24H,8-10,13-15,19-20H2/t24-/m0/s1. The van der Waals surface area contributed by atoms with Gasteiger partial charge in [-0.2, -0.15) is 5.10 Å². The predicted octanol–water partition coefficient (Wildman–Crippen LogP) is 4.21. The second kappa shape index (κ2) is 10.8. The van der Waals surface area contributed by atoms with Crippen molar-refractivity contribution in [2.75, 3.05) is 26.2 Å². The number of halogens is 1. The number of rotatable bonds is 6. The number of pyridine rings is 1. The second-order valence-corrected chi connectivity index (χ2v) is 10.1. The molecule has 8 nitrogen and oxygen atoms in total. The molecular weight excluding hydrogens is 481 g/mol. The van der Waals surface area contributed by atoms with Gasteiger partial charge < -0.3 is 4.90 Å². The molecule has 3 aromatic heterocycles. The molecule has 0 radical (unpaired) electrons. The summed E-state index contributed by atoms with van der Waals surface area (Å²) in [7, 11) is 0. The van der Waals surface area contributed by atoms with Crippen LogP contribution in [-0.4, -0.2) is 66.6 Å². The molecule has 4 aromatic rings. The normalized spacial score (nSPS) is 18.7. The highest BCUT2D eigenvalue weighted by molar-refractivity contribution is 5.95. The van der Waals surface area contributed by atoms with Crippen LogP contribution < -0.4 is 0 Å². The minimum absolute atomic E-state index is 0.00833. The molecule has 5 heterocycles. The topological polar surface area (TPSA) is 80.0 Å². The summed E-state index contributed by atoms with van der Waals surface area (Å²) in [5.74, 6) is 0.211. The van der Waals surface area contributed by atoms with E-state index in [-0.39, 0.29) is 17.8 Å². The van der Waals surface area contributed by atoms with Crippen LogP contribution in [0.25, 0.3) is 5.95 Å². The van der Waals surface area contributed by atoms with Crippen LogP contribution in [-0.2, 0) is 6.54 Å². The molecule has 2 aliphatic heterocycles. The maximum atomic E-state index is 13.8. The maximum Gasteiger partial charge on any atom is 0.257 e. The Balaban J connectivity index is 1.24. The van der Waals surface area contributed by atoms with Crippen LogP contribution in [0.3, 0.4) is 0 Å². The van der Waals surface area contributed by atoms with Crippen LogP contribution in [0, 0.1) is 5.82 Å². The van der Waals surface area contributed by atoms with Gasteiger partial charge >= 0.3 is 0 Å². The largest absolute Gasteiger partial charge is 0.338 e. The van der Waals surface area contributed by atoms with Gasteiger partial charge in [0.1, 0.15) is 0 Å². The van der Waals surface area contributed by atoms with Crippen molar-refractivity contribution in [3.05, 3.63) is 102 Å². The zero-order valence-corrected chi connectivity index (χ0v) is 21.2. The molecule has 0 spiro atoms. The highest BCUT2D eigenvalue weighted by Gasteiger charge is 2.34. The lowest BCUT2D eigenvalue weighted by molar-refractivity contribution is 0.0788. The lowest BCUT2D eigenvalue weighted by atomic mass is 9.90. The van der Waals surface area contributed by atoms with Gasteiger partial charge in [-0.3, -0.25) is 14.7 Å². The molecule has 6 rings (SSSR count). The molecule has 2 saturated heterocycles. The number of benzene rings is 1. The highest BCUT2D eigenvalue weighted by atomic mass is 19.1. The number of amides is 1. The summed E-state index contributed by atoms with van der Waals surface area (Å²) in [5, 5.41) is 4.55. The Morgan fingerprint density at radius 2 is 1.61 bits per heavy atom. The second-order valence-electron chi connectivity index (χ2n) is 10.1. The summed E-state index contributed by atoms with van der Waals surface area (Å²) in [5.41, 5.74) is 3.92. The number of aromatic nitrogens is 5. The number of hydrogen-bond acceptors (Lipinski definition) is 6. The Morgan fingerprint density at radius 1 is 0.895 bits per heavy atom. The van der Waals surface area contributed by atoms with Gasteiger partial charge in [-0.15, -0.1) is 0 Å². The summed E-state index contributed by atoms with van der Waals surface area (Å²) in [6, 6.07) is 14.5. The van der Waals surface area contributed by atoms with Gasteiger partial charge in [0.05, 0.1) is 29.8 Å². The number of nitrogens with zero attached hydrogens (tertiary/aromatic N) is 7. The van der Waals surface area contributed by atoms with Crippen molar-refractivity contribution in [1.82, 2.24) is 34.5 Å². The van der Waals surface area contributed by atoms with Gasteiger partial charge in [0.15, 0.2) is 5.82 Å². The summed E-state index contributed by atoms with van der Waals surface area (Å²) < 4.78 is 15.2. The molecule has 194 valence electrons. The fraction of sp³-hybridized carbons (Fsp3) is 0.345. The predicted molar refractivity (Wildman–Crippen MR) is 140 cm³/mol. The van der Waals surface area contributed by atoms with E-state index in [0.717, 1.165) is 57.0 Å². The summed E-state index contributed by atoms with van der Waals surface area (Å²) in [6.45, 7) is 4.06. The fourth-order valence-corrected chi connectivity index (χ4v) is 5.71. The van der Waals surface area contributed by atoms with Gasteiger partial charge in [-0.05, 0) is 55.6 Å². The molecular formula is C29H30FN7O. The number of carbonyl (C=O) groups is 1. The van der Waals surface area contributed by atoms with E-state index >= 15 is 0 Å². The van der Waals surface area contributed by atoms with E-state index in [4.69, 9.17) is 0 Å². The first-order chi connectivity index (χ1) is 18.7. The lowest BCUT2D eigenvalue weighted by Gasteiger charge is -2.32. The molecule has 38 heavy (non-hydrogen) atoms. The van der Waals surface area contributed by atoms with E-state index in [0.29, 0.717) is 24.6 Å². The summed E-state index contributed by atoms with van der Waals surface area (Å²) in [4.78, 5) is 30.7. The molecule has 1 atom stereocenters. The summed E-state index contributed by atoms with van der Waals surface area (Å²) in [6.07, 6.45) is 10.3. The third-order valence-electron chi connectivity index (χ3n) is 7.71.